The highest BCUT2D eigenvalue weighted by Crippen LogP contribution is 2.22. The Labute approximate surface area is 105 Å². The lowest BCUT2D eigenvalue weighted by Gasteiger charge is -2.22. The van der Waals surface area contributed by atoms with E-state index in [-0.39, 0.29) is 5.41 Å². The molecular weight excluding hydrogens is 208 g/mol. The van der Waals surface area contributed by atoms with Gasteiger partial charge in [0.15, 0.2) is 0 Å². The maximum atomic E-state index is 5.72. The summed E-state index contributed by atoms with van der Waals surface area (Å²) in [7, 11) is 0. The van der Waals surface area contributed by atoms with E-state index >= 15 is 0 Å². The molecule has 3 N–H and O–H groups in total. The molecule has 1 aromatic rings. The van der Waals surface area contributed by atoms with E-state index in [1.807, 2.05) is 0 Å². The molecule has 0 aromatic heterocycles. The molecule has 0 aliphatic heterocycles. The zero-order valence-corrected chi connectivity index (χ0v) is 11.1. The SMILES string of the molecule is CC(C)(CN)CNCc1ccc2c(c1)CCC2. The Morgan fingerprint density at radius 3 is 2.76 bits per heavy atom. The van der Waals surface area contributed by atoms with Gasteiger partial charge in [0.25, 0.3) is 0 Å². The first-order chi connectivity index (χ1) is 8.11. The van der Waals surface area contributed by atoms with Crippen molar-refractivity contribution in [1.82, 2.24) is 5.32 Å². The van der Waals surface area contributed by atoms with Gasteiger partial charge in [0.2, 0.25) is 0 Å². The first kappa shape index (κ1) is 12.6. The lowest BCUT2D eigenvalue weighted by Crippen LogP contribution is -2.35. The van der Waals surface area contributed by atoms with Gasteiger partial charge in [0.05, 0.1) is 0 Å². The molecular formula is C15H24N2. The van der Waals surface area contributed by atoms with Gasteiger partial charge in [0, 0.05) is 13.1 Å². The average Bonchev–Trinajstić information content (AvgIpc) is 2.76. The first-order valence-corrected chi connectivity index (χ1v) is 6.62. The predicted molar refractivity (Wildman–Crippen MR) is 73.0 cm³/mol. The van der Waals surface area contributed by atoms with Crippen LogP contribution in [0, 0.1) is 5.41 Å². The van der Waals surface area contributed by atoms with Crippen molar-refractivity contribution in [2.24, 2.45) is 11.1 Å². The van der Waals surface area contributed by atoms with E-state index in [9.17, 15) is 0 Å². The summed E-state index contributed by atoms with van der Waals surface area (Å²) in [6.07, 6.45) is 3.85. The molecule has 17 heavy (non-hydrogen) atoms. The number of aryl methyl sites for hydroxylation is 2. The Bertz CT molecular complexity index is 383. The highest BCUT2D eigenvalue weighted by atomic mass is 14.9. The molecule has 0 bridgehead atoms. The Kier molecular flexibility index (Phi) is 3.85. The highest BCUT2D eigenvalue weighted by molar-refractivity contribution is 5.35. The zero-order chi connectivity index (χ0) is 12.3. The molecule has 2 nitrogen and oxygen atoms in total. The maximum absolute atomic E-state index is 5.72. The van der Waals surface area contributed by atoms with Crippen LogP contribution in [0.15, 0.2) is 18.2 Å². The summed E-state index contributed by atoms with van der Waals surface area (Å²) in [6.45, 7) is 7.05. The van der Waals surface area contributed by atoms with Crippen molar-refractivity contribution in [2.45, 2.75) is 39.7 Å². The summed E-state index contributed by atoms with van der Waals surface area (Å²) < 4.78 is 0. The molecule has 1 aliphatic carbocycles. The summed E-state index contributed by atoms with van der Waals surface area (Å²) in [5.41, 5.74) is 10.4. The monoisotopic (exact) mass is 232 g/mol. The predicted octanol–water partition coefficient (Wildman–Crippen LogP) is 2.25. The third-order valence-corrected chi connectivity index (χ3v) is 3.65. The lowest BCUT2D eigenvalue weighted by molar-refractivity contribution is 0.351. The second-order valence-corrected chi connectivity index (χ2v) is 5.93. The number of fused-ring (bicyclic) bond motifs is 1. The minimum atomic E-state index is 0.191. The summed E-state index contributed by atoms with van der Waals surface area (Å²) in [6, 6.07) is 6.92. The fourth-order valence-corrected chi connectivity index (χ4v) is 2.35. The number of hydrogen-bond acceptors (Lipinski definition) is 2. The molecule has 0 saturated carbocycles. The van der Waals surface area contributed by atoms with Crippen molar-refractivity contribution in [1.29, 1.82) is 0 Å². The molecule has 0 fully saturated rings. The van der Waals surface area contributed by atoms with Crippen LogP contribution in [-0.2, 0) is 19.4 Å². The first-order valence-electron chi connectivity index (χ1n) is 6.62. The van der Waals surface area contributed by atoms with Crippen molar-refractivity contribution in [3.8, 4) is 0 Å². The van der Waals surface area contributed by atoms with Crippen molar-refractivity contribution in [2.75, 3.05) is 13.1 Å². The zero-order valence-electron chi connectivity index (χ0n) is 11.1. The Hall–Kier alpha value is -0.860. The third kappa shape index (κ3) is 3.30. The minimum Gasteiger partial charge on any atom is -0.330 e. The van der Waals surface area contributed by atoms with Gasteiger partial charge in [-0.25, -0.2) is 0 Å². The van der Waals surface area contributed by atoms with Gasteiger partial charge in [-0.05, 0) is 47.9 Å². The molecule has 0 radical (unpaired) electrons. The largest absolute Gasteiger partial charge is 0.330 e. The molecule has 1 aliphatic rings. The molecule has 94 valence electrons. The fraction of sp³-hybridized carbons (Fsp3) is 0.600. The fourth-order valence-electron chi connectivity index (χ4n) is 2.35. The van der Waals surface area contributed by atoms with E-state index in [4.69, 9.17) is 5.73 Å². The molecule has 0 amide bonds. The van der Waals surface area contributed by atoms with Crippen LogP contribution < -0.4 is 11.1 Å². The van der Waals surface area contributed by atoms with Crippen LogP contribution in [0.3, 0.4) is 0 Å². The molecule has 1 aromatic carbocycles. The second-order valence-electron chi connectivity index (χ2n) is 5.93. The van der Waals surface area contributed by atoms with Gasteiger partial charge < -0.3 is 11.1 Å². The van der Waals surface area contributed by atoms with Crippen LogP contribution >= 0.6 is 0 Å². The second kappa shape index (κ2) is 5.19. The van der Waals surface area contributed by atoms with Crippen LogP contribution in [0.2, 0.25) is 0 Å². The molecule has 2 rings (SSSR count). The summed E-state index contributed by atoms with van der Waals surface area (Å²) in [4.78, 5) is 0. The van der Waals surface area contributed by atoms with Crippen LogP contribution in [0.25, 0.3) is 0 Å². The molecule has 0 atom stereocenters. The Morgan fingerprint density at radius 1 is 1.24 bits per heavy atom. The van der Waals surface area contributed by atoms with Crippen molar-refractivity contribution >= 4 is 0 Å². The Morgan fingerprint density at radius 2 is 2.00 bits per heavy atom. The maximum Gasteiger partial charge on any atom is 0.0205 e. The van der Waals surface area contributed by atoms with Crippen LogP contribution in [0.1, 0.15) is 37.0 Å². The lowest BCUT2D eigenvalue weighted by atomic mass is 9.94. The quantitative estimate of drug-likeness (QED) is 0.817. The number of nitrogens with one attached hydrogen (secondary N) is 1. The molecule has 2 heteroatoms. The van der Waals surface area contributed by atoms with Crippen LogP contribution in [0.5, 0.6) is 0 Å². The van der Waals surface area contributed by atoms with E-state index in [1.54, 1.807) is 11.1 Å². The highest BCUT2D eigenvalue weighted by Gasteiger charge is 2.15. The van der Waals surface area contributed by atoms with Gasteiger partial charge in [-0.2, -0.15) is 0 Å². The van der Waals surface area contributed by atoms with E-state index in [0.717, 1.165) is 19.6 Å². The van der Waals surface area contributed by atoms with E-state index in [0.29, 0.717) is 0 Å². The standard InChI is InChI=1S/C15H24N2/c1-15(2,10-16)11-17-9-12-6-7-13-4-3-5-14(13)8-12/h6-8,17H,3-5,9-11,16H2,1-2H3. The normalized spacial score (nSPS) is 15.0. The Balaban J connectivity index is 1.88. The number of hydrogen-bond donors (Lipinski definition) is 2. The molecule has 0 unspecified atom stereocenters. The van der Waals surface area contributed by atoms with Crippen LogP contribution in [-0.4, -0.2) is 13.1 Å². The van der Waals surface area contributed by atoms with Crippen LogP contribution in [0.4, 0.5) is 0 Å². The topological polar surface area (TPSA) is 38.0 Å². The minimum absolute atomic E-state index is 0.191. The smallest absolute Gasteiger partial charge is 0.0205 e. The number of rotatable bonds is 5. The van der Waals surface area contributed by atoms with Gasteiger partial charge in [-0.1, -0.05) is 32.0 Å². The average molecular weight is 232 g/mol. The van der Waals surface area contributed by atoms with E-state index < -0.39 is 0 Å². The molecule has 0 spiro atoms. The van der Waals surface area contributed by atoms with E-state index in [1.165, 1.54) is 24.8 Å². The van der Waals surface area contributed by atoms with Gasteiger partial charge >= 0.3 is 0 Å². The summed E-state index contributed by atoms with van der Waals surface area (Å²) in [5, 5.41) is 3.50. The molecule has 0 heterocycles. The van der Waals surface area contributed by atoms with Gasteiger partial charge in [0.1, 0.15) is 0 Å². The molecule has 0 saturated heterocycles. The van der Waals surface area contributed by atoms with Gasteiger partial charge in [-0.15, -0.1) is 0 Å². The van der Waals surface area contributed by atoms with Gasteiger partial charge in [-0.3, -0.25) is 0 Å². The summed E-state index contributed by atoms with van der Waals surface area (Å²) >= 11 is 0. The number of nitrogens with two attached hydrogens (primary N) is 1. The van der Waals surface area contributed by atoms with Crippen molar-refractivity contribution < 1.29 is 0 Å². The number of benzene rings is 1. The van der Waals surface area contributed by atoms with Crippen molar-refractivity contribution in [3.63, 3.8) is 0 Å². The summed E-state index contributed by atoms with van der Waals surface area (Å²) in [5.74, 6) is 0. The third-order valence-electron chi connectivity index (χ3n) is 3.65. The van der Waals surface area contributed by atoms with E-state index in [2.05, 4.69) is 37.4 Å². The van der Waals surface area contributed by atoms with Crippen molar-refractivity contribution in [3.05, 3.63) is 34.9 Å².